The lowest BCUT2D eigenvalue weighted by Gasteiger charge is -2.26. The first-order valence-electron chi connectivity index (χ1n) is 8.64. The summed E-state index contributed by atoms with van der Waals surface area (Å²) in [5.74, 6) is 1.50. The molecule has 136 valence electrons. The molecule has 0 aromatic carbocycles. The number of aromatic nitrogens is 4. The van der Waals surface area contributed by atoms with Gasteiger partial charge in [-0.2, -0.15) is 0 Å². The van der Waals surface area contributed by atoms with Crippen LogP contribution in [-0.4, -0.2) is 58.5 Å². The summed E-state index contributed by atoms with van der Waals surface area (Å²) in [6.07, 6.45) is 6.63. The van der Waals surface area contributed by atoms with Crippen LogP contribution in [0.3, 0.4) is 0 Å². The van der Waals surface area contributed by atoms with Gasteiger partial charge in [-0.05, 0) is 26.2 Å². The second-order valence-electron chi connectivity index (χ2n) is 6.48. The van der Waals surface area contributed by atoms with Gasteiger partial charge in [-0.25, -0.2) is 15.0 Å². The Labute approximate surface area is 147 Å². The number of hydrogen-bond donors (Lipinski definition) is 2. The van der Waals surface area contributed by atoms with Crippen molar-refractivity contribution in [3.63, 3.8) is 0 Å². The molecular weight excluding hydrogens is 320 g/mol. The lowest BCUT2D eigenvalue weighted by Crippen LogP contribution is -2.23. The zero-order chi connectivity index (χ0) is 17.8. The predicted octanol–water partition coefficient (Wildman–Crippen LogP) is 1.94. The molecule has 0 spiro atoms. The third-order valence-corrected chi connectivity index (χ3v) is 4.27. The maximum atomic E-state index is 9.09. The number of fused-ring (bicyclic) bond motifs is 1. The highest BCUT2D eigenvalue weighted by molar-refractivity contribution is 5.85. The molecule has 1 aliphatic rings. The quantitative estimate of drug-likeness (QED) is 0.773. The molecule has 1 fully saturated rings. The fourth-order valence-electron chi connectivity index (χ4n) is 2.92. The topological polar surface area (TPSA) is 88.3 Å². The number of anilines is 2. The zero-order valence-corrected chi connectivity index (χ0v) is 15.1. The zero-order valence-electron chi connectivity index (χ0n) is 15.1. The molecule has 0 saturated carbocycles. The van der Waals surface area contributed by atoms with Crippen LogP contribution in [0.1, 0.15) is 32.4 Å². The van der Waals surface area contributed by atoms with Crippen LogP contribution in [0.4, 0.5) is 11.8 Å². The highest BCUT2D eigenvalue weighted by Crippen LogP contribution is 2.32. The van der Waals surface area contributed by atoms with Gasteiger partial charge >= 0.3 is 0 Å². The second-order valence-corrected chi connectivity index (χ2v) is 6.48. The molecule has 3 heterocycles. The minimum absolute atomic E-state index is 0.0459. The Balaban J connectivity index is 1.98. The first kappa shape index (κ1) is 17.6. The van der Waals surface area contributed by atoms with Crippen LogP contribution in [-0.2, 0) is 4.74 Å². The number of nitrogens with one attached hydrogen (secondary N) is 1. The molecule has 0 aliphatic carbocycles. The van der Waals surface area contributed by atoms with E-state index < -0.39 is 0 Å². The third kappa shape index (κ3) is 3.74. The minimum Gasteiger partial charge on any atom is -0.392 e. The van der Waals surface area contributed by atoms with E-state index in [9.17, 15) is 0 Å². The van der Waals surface area contributed by atoms with Crippen molar-refractivity contribution >= 4 is 22.9 Å². The SMILES string of the molecule is C/C(=C\CNc1ncnc2c1nc(N(C)C)n2C1CCCCO1)CO. The summed E-state index contributed by atoms with van der Waals surface area (Å²) in [6, 6.07) is 0. The molecule has 8 nitrogen and oxygen atoms in total. The molecule has 8 heteroatoms. The first-order valence-corrected chi connectivity index (χ1v) is 8.64. The van der Waals surface area contributed by atoms with Gasteiger partial charge in [0.15, 0.2) is 17.0 Å². The average molecular weight is 346 g/mol. The maximum absolute atomic E-state index is 9.09. The number of aliphatic hydroxyl groups excluding tert-OH is 1. The summed E-state index contributed by atoms with van der Waals surface area (Å²) < 4.78 is 8.03. The summed E-state index contributed by atoms with van der Waals surface area (Å²) >= 11 is 0. The number of nitrogens with zero attached hydrogens (tertiary/aromatic N) is 5. The number of imidazole rings is 1. The van der Waals surface area contributed by atoms with Gasteiger partial charge in [0, 0.05) is 27.2 Å². The molecule has 2 aromatic heterocycles. The molecular formula is C17H26N6O2. The van der Waals surface area contributed by atoms with Crippen LogP contribution in [0.5, 0.6) is 0 Å². The standard InChI is InChI=1S/C17H26N6O2/c1-12(10-24)7-8-18-15-14-16(20-11-19-15)23(17(21-14)22(2)3)13-6-4-5-9-25-13/h7,11,13,24H,4-6,8-10H2,1-3H3,(H,18,19,20)/b12-7+. The lowest BCUT2D eigenvalue weighted by atomic mass is 10.2. The molecule has 0 amide bonds. The molecule has 1 atom stereocenters. The van der Waals surface area contributed by atoms with Crippen molar-refractivity contribution < 1.29 is 9.84 Å². The highest BCUT2D eigenvalue weighted by atomic mass is 16.5. The van der Waals surface area contributed by atoms with Gasteiger partial charge in [0.1, 0.15) is 12.6 Å². The normalized spacial score (nSPS) is 18.6. The Morgan fingerprint density at radius 3 is 2.96 bits per heavy atom. The van der Waals surface area contributed by atoms with Crippen molar-refractivity contribution in [1.29, 1.82) is 0 Å². The smallest absolute Gasteiger partial charge is 0.209 e. The Morgan fingerprint density at radius 2 is 2.28 bits per heavy atom. The van der Waals surface area contributed by atoms with Crippen molar-refractivity contribution in [2.75, 3.05) is 44.1 Å². The van der Waals surface area contributed by atoms with Crippen molar-refractivity contribution in [1.82, 2.24) is 19.5 Å². The second kappa shape index (κ2) is 7.79. The molecule has 0 radical (unpaired) electrons. The molecule has 2 N–H and O–H groups in total. The van der Waals surface area contributed by atoms with Crippen LogP contribution in [0.15, 0.2) is 18.0 Å². The van der Waals surface area contributed by atoms with Crippen molar-refractivity contribution in [3.05, 3.63) is 18.0 Å². The fraction of sp³-hybridized carbons (Fsp3) is 0.588. The number of hydrogen-bond acceptors (Lipinski definition) is 7. The summed E-state index contributed by atoms with van der Waals surface area (Å²) in [4.78, 5) is 15.5. The van der Waals surface area contributed by atoms with E-state index in [-0.39, 0.29) is 12.8 Å². The summed E-state index contributed by atoms with van der Waals surface area (Å²) in [6.45, 7) is 3.27. The summed E-state index contributed by atoms with van der Waals surface area (Å²) in [5.41, 5.74) is 2.42. The maximum Gasteiger partial charge on any atom is 0.209 e. The van der Waals surface area contributed by atoms with Gasteiger partial charge in [-0.1, -0.05) is 11.6 Å². The van der Waals surface area contributed by atoms with E-state index in [2.05, 4.69) is 19.9 Å². The molecule has 2 aromatic rings. The van der Waals surface area contributed by atoms with E-state index >= 15 is 0 Å². The Morgan fingerprint density at radius 1 is 1.44 bits per heavy atom. The van der Waals surface area contributed by atoms with Gasteiger partial charge in [0.2, 0.25) is 5.95 Å². The van der Waals surface area contributed by atoms with Crippen molar-refractivity contribution in [3.8, 4) is 0 Å². The van der Waals surface area contributed by atoms with Crippen LogP contribution in [0.25, 0.3) is 11.2 Å². The third-order valence-electron chi connectivity index (χ3n) is 4.27. The largest absolute Gasteiger partial charge is 0.392 e. The summed E-state index contributed by atoms with van der Waals surface area (Å²) in [7, 11) is 3.93. The highest BCUT2D eigenvalue weighted by Gasteiger charge is 2.25. The van der Waals surface area contributed by atoms with Gasteiger partial charge in [-0.15, -0.1) is 0 Å². The van der Waals surface area contributed by atoms with Gasteiger partial charge in [-0.3, -0.25) is 4.57 Å². The van der Waals surface area contributed by atoms with E-state index in [1.165, 1.54) is 0 Å². The number of ether oxygens (including phenoxy) is 1. The Kier molecular flexibility index (Phi) is 5.50. The molecule has 3 rings (SSSR count). The van der Waals surface area contributed by atoms with Gasteiger partial charge in [0.05, 0.1) is 6.61 Å². The Hall–Kier alpha value is -2.19. The number of rotatable bonds is 6. The van der Waals surface area contributed by atoms with E-state index in [1.807, 2.05) is 32.0 Å². The Bertz CT molecular complexity index is 749. The van der Waals surface area contributed by atoms with Crippen LogP contribution in [0.2, 0.25) is 0 Å². The fourth-order valence-corrected chi connectivity index (χ4v) is 2.92. The molecule has 1 saturated heterocycles. The van der Waals surface area contributed by atoms with Crippen LogP contribution in [0, 0.1) is 0 Å². The number of aliphatic hydroxyl groups is 1. The average Bonchev–Trinajstić information content (AvgIpc) is 3.03. The van der Waals surface area contributed by atoms with Crippen LogP contribution < -0.4 is 10.2 Å². The van der Waals surface area contributed by atoms with E-state index in [1.54, 1.807) is 6.33 Å². The first-order chi connectivity index (χ1) is 12.1. The van der Waals surface area contributed by atoms with E-state index in [0.29, 0.717) is 12.4 Å². The minimum atomic E-state index is -0.0459. The van der Waals surface area contributed by atoms with Crippen LogP contribution >= 0.6 is 0 Å². The summed E-state index contributed by atoms with van der Waals surface area (Å²) in [5, 5.41) is 12.4. The molecule has 25 heavy (non-hydrogen) atoms. The van der Waals surface area contributed by atoms with Gasteiger partial charge in [0.25, 0.3) is 0 Å². The van der Waals surface area contributed by atoms with Gasteiger partial charge < -0.3 is 20.1 Å². The lowest BCUT2D eigenvalue weighted by molar-refractivity contribution is -0.0288. The molecule has 1 unspecified atom stereocenters. The molecule has 0 bridgehead atoms. The molecule has 1 aliphatic heterocycles. The van der Waals surface area contributed by atoms with Crippen molar-refractivity contribution in [2.24, 2.45) is 0 Å². The predicted molar refractivity (Wildman–Crippen MR) is 97.8 cm³/mol. The van der Waals surface area contributed by atoms with E-state index in [4.69, 9.17) is 14.8 Å². The van der Waals surface area contributed by atoms with Crippen molar-refractivity contribution in [2.45, 2.75) is 32.4 Å². The van der Waals surface area contributed by atoms with E-state index in [0.717, 1.165) is 48.6 Å². The monoisotopic (exact) mass is 346 g/mol.